The lowest BCUT2D eigenvalue weighted by Gasteiger charge is -1.90. The van der Waals surface area contributed by atoms with Crippen LogP contribution in [0.3, 0.4) is 0 Å². The molecule has 0 aliphatic carbocycles. The lowest BCUT2D eigenvalue weighted by atomic mass is 10.6. The van der Waals surface area contributed by atoms with Crippen LogP contribution in [0.5, 0.6) is 0 Å². The molecule has 1 aromatic heterocycles. The van der Waals surface area contributed by atoms with Crippen molar-refractivity contribution in [3.63, 3.8) is 0 Å². The quantitative estimate of drug-likeness (QED) is 0.503. The predicted molar refractivity (Wildman–Crippen MR) is 33.5 cm³/mol. The van der Waals surface area contributed by atoms with Gasteiger partial charge in [-0.25, -0.2) is 0 Å². The third kappa shape index (κ3) is 0.997. The van der Waals surface area contributed by atoms with Crippen LogP contribution < -0.4 is 0 Å². The molecule has 1 nitrogen and oxygen atoms in total. The third-order valence-corrected chi connectivity index (χ3v) is 0.928. The minimum Gasteiger partial charge on any atom is -0.342 e. The van der Waals surface area contributed by atoms with Gasteiger partial charge in [0.05, 0.1) is 6.20 Å². The summed E-state index contributed by atoms with van der Waals surface area (Å²) in [5, 5.41) is 0. The first-order valence-electron chi connectivity index (χ1n) is 2.57. The molecule has 1 aromatic rings. The molecule has 0 atom stereocenters. The Bertz CT molecular complexity index is 151. The number of hydrogen-bond acceptors (Lipinski definition) is 0. The number of hydrogen-bond donors (Lipinski definition) is 0. The molecule has 0 spiro atoms. The lowest BCUT2D eigenvalue weighted by molar-refractivity contribution is 0.825. The third-order valence-electron chi connectivity index (χ3n) is 0.928. The molecule has 0 unspecified atom stereocenters. The Balaban J connectivity index is 2.62. The van der Waals surface area contributed by atoms with Crippen LogP contribution in [0.4, 0.5) is 0 Å². The van der Waals surface area contributed by atoms with E-state index in [1.807, 2.05) is 29.0 Å². The Morgan fingerprint density at radius 1 is 1.75 bits per heavy atom. The van der Waals surface area contributed by atoms with E-state index in [2.05, 4.69) is 12.8 Å². The molecule has 0 aliphatic heterocycles. The van der Waals surface area contributed by atoms with Crippen molar-refractivity contribution in [2.24, 2.45) is 0 Å². The summed E-state index contributed by atoms with van der Waals surface area (Å²) < 4.78 is 1.94. The van der Waals surface area contributed by atoms with Gasteiger partial charge in [-0.15, -0.1) is 6.58 Å². The summed E-state index contributed by atoms with van der Waals surface area (Å²) in [4.78, 5) is 0. The van der Waals surface area contributed by atoms with Crippen molar-refractivity contribution in [2.45, 2.75) is 6.54 Å². The average molecular weight is 106 g/mol. The van der Waals surface area contributed by atoms with Gasteiger partial charge < -0.3 is 4.57 Å². The fourth-order valence-corrected chi connectivity index (χ4v) is 0.581. The first kappa shape index (κ1) is 5.16. The van der Waals surface area contributed by atoms with Crippen molar-refractivity contribution in [1.82, 2.24) is 4.57 Å². The standard InChI is InChI=1S/C7H8N/c1-2-5-8-6-3-4-7-8/h2-4,6H,1,5H2. The van der Waals surface area contributed by atoms with Gasteiger partial charge in [-0.3, -0.25) is 0 Å². The van der Waals surface area contributed by atoms with E-state index < -0.39 is 0 Å². The van der Waals surface area contributed by atoms with E-state index in [0.29, 0.717) is 0 Å². The zero-order chi connectivity index (χ0) is 5.82. The minimum atomic E-state index is 0.854. The predicted octanol–water partition coefficient (Wildman–Crippen LogP) is 1.47. The van der Waals surface area contributed by atoms with Crippen LogP contribution in [-0.2, 0) is 6.54 Å². The molecule has 0 saturated carbocycles. The molecule has 0 aromatic carbocycles. The van der Waals surface area contributed by atoms with Crippen molar-refractivity contribution >= 4 is 0 Å². The summed E-state index contributed by atoms with van der Waals surface area (Å²) in [6.07, 6.45) is 6.79. The largest absolute Gasteiger partial charge is 0.342 e. The van der Waals surface area contributed by atoms with Crippen molar-refractivity contribution < 1.29 is 0 Å². The van der Waals surface area contributed by atoms with Crippen molar-refractivity contribution in [3.05, 3.63) is 37.2 Å². The molecule has 0 saturated heterocycles. The minimum absolute atomic E-state index is 0.854. The van der Waals surface area contributed by atoms with E-state index in [1.54, 1.807) is 0 Å². The SMILES string of the molecule is C=CCn1[c]ccc1. The smallest absolute Gasteiger partial charge is 0.0650 e. The topological polar surface area (TPSA) is 4.93 Å². The van der Waals surface area contributed by atoms with E-state index in [4.69, 9.17) is 0 Å². The second-order valence-electron chi connectivity index (χ2n) is 1.58. The fraction of sp³-hybridized carbons (Fsp3) is 0.143. The first-order valence-corrected chi connectivity index (χ1v) is 2.57. The highest BCUT2D eigenvalue weighted by Gasteiger charge is 1.79. The number of nitrogens with zero attached hydrogens (tertiary/aromatic N) is 1. The van der Waals surface area contributed by atoms with Crippen molar-refractivity contribution in [3.8, 4) is 0 Å². The molecule has 41 valence electrons. The van der Waals surface area contributed by atoms with E-state index in [-0.39, 0.29) is 0 Å². The Labute approximate surface area is 49.3 Å². The molecule has 1 heteroatoms. The van der Waals surface area contributed by atoms with Crippen LogP contribution >= 0.6 is 0 Å². The second kappa shape index (κ2) is 2.36. The van der Waals surface area contributed by atoms with Gasteiger partial charge in [0, 0.05) is 12.7 Å². The average Bonchev–Trinajstić information content (AvgIpc) is 2.19. The van der Waals surface area contributed by atoms with Gasteiger partial charge in [0.1, 0.15) is 0 Å². The number of rotatable bonds is 2. The molecule has 8 heavy (non-hydrogen) atoms. The summed E-state index contributed by atoms with van der Waals surface area (Å²) in [7, 11) is 0. The van der Waals surface area contributed by atoms with Gasteiger partial charge in [0.15, 0.2) is 0 Å². The summed E-state index contributed by atoms with van der Waals surface area (Å²) in [5.41, 5.74) is 0. The zero-order valence-electron chi connectivity index (χ0n) is 4.67. The first-order chi connectivity index (χ1) is 3.93. The van der Waals surface area contributed by atoms with Crippen LogP contribution in [0.1, 0.15) is 0 Å². The van der Waals surface area contributed by atoms with E-state index in [9.17, 15) is 0 Å². The molecular weight excluding hydrogens is 98.1 g/mol. The summed E-state index contributed by atoms with van der Waals surface area (Å²) in [6.45, 7) is 4.45. The number of allylic oxidation sites excluding steroid dienone is 1. The van der Waals surface area contributed by atoms with Crippen LogP contribution in [-0.4, -0.2) is 4.57 Å². The normalized spacial score (nSPS) is 9.00. The zero-order valence-corrected chi connectivity index (χ0v) is 4.67. The van der Waals surface area contributed by atoms with Gasteiger partial charge in [0.25, 0.3) is 0 Å². The van der Waals surface area contributed by atoms with Gasteiger partial charge >= 0.3 is 0 Å². The van der Waals surface area contributed by atoms with Gasteiger partial charge in [0.2, 0.25) is 0 Å². The molecule has 0 amide bonds. The second-order valence-corrected chi connectivity index (χ2v) is 1.58. The van der Waals surface area contributed by atoms with Gasteiger partial charge in [-0.2, -0.15) is 0 Å². The molecule has 0 bridgehead atoms. The molecule has 0 N–H and O–H groups in total. The summed E-state index contributed by atoms with van der Waals surface area (Å²) in [6, 6.07) is 3.83. The Morgan fingerprint density at radius 2 is 2.62 bits per heavy atom. The summed E-state index contributed by atoms with van der Waals surface area (Å²) in [5.74, 6) is 0. The van der Waals surface area contributed by atoms with Crippen LogP contribution in [0.25, 0.3) is 0 Å². The van der Waals surface area contributed by atoms with Crippen LogP contribution in [0, 0.1) is 6.20 Å². The maximum atomic E-state index is 3.59. The van der Waals surface area contributed by atoms with Crippen LogP contribution in [0.15, 0.2) is 31.0 Å². The fourth-order valence-electron chi connectivity index (χ4n) is 0.581. The van der Waals surface area contributed by atoms with Gasteiger partial charge in [-0.05, 0) is 12.1 Å². The molecule has 0 fully saturated rings. The van der Waals surface area contributed by atoms with Crippen molar-refractivity contribution in [1.29, 1.82) is 0 Å². The maximum absolute atomic E-state index is 3.59. The molecular formula is C7H8N. The van der Waals surface area contributed by atoms with Crippen LogP contribution in [0.2, 0.25) is 0 Å². The highest BCUT2D eigenvalue weighted by atomic mass is 14.9. The van der Waals surface area contributed by atoms with E-state index in [0.717, 1.165) is 6.54 Å². The van der Waals surface area contributed by atoms with Crippen molar-refractivity contribution in [2.75, 3.05) is 0 Å². The van der Waals surface area contributed by atoms with Gasteiger partial charge in [-0.1, -0.05) is 6.08 Å². The maximum Gasteiger partial charge on any atom is 0.0650 e. The molecule has 1 heterocycles. The Hall–Kier alpha value is -0.980. The number of aromatic nitrogens is 1. The Morgan fingerprint density at radius 3 is 3.12 bits per heavy atom. The summed E-state index contributed by atoms with van der Waals surface area (Å²) >= 11 is 0. The molecule has 1 radical (unpaired) electrons. The monoisotopic (exact) mass is 106 g/mol. The van der Waals surface area contributed by atoms with E-state index >= 15 is 0 Å². The lowest BCUT2D eigenvalue weighted by Crippen LogP contribution is -1.87. The van der Waals surface area contributed by atoms with E-state index in [1.165, 1.54) is 0 Å². The highest BCUT2D eigenvalue weighted by Crippen LogP contribution is 1.86. The highest BCUT2D eigenvalue weighted by molar-refractivity contribution is 4.90. The Kier molecular flexibility index (Phi) is 1.52. The molecule has 0 aliphatic rings. The molecule has 1 rings (SSSR count).